The number of likely N-dealkylation sites (N-methyl/N-ethyl adjacent to an activating group) is 1. The molecule has 0 bridgehead atoms. The summed E-state index contributed by atoms with van der Waals surface area (Å²) in [6, 6.07) is 4.93. The van der Waals surface area contributed by atoms with E-state index in [2.05, 4.69) is 54.2 Å². The third-order valence-electron chi connectivity index (χ3n) is 3.94. The molecule has 5 heteroatoms. The average Bonchev–Trinajstić information content (AvgIpc) is 3.09. The Bertz CT molecular complexity index is 538. The molecule has 5 nitrogen and oxygen atoms in total. The number of nitrogens with one attached hydrogen (secondary N) is 1. The van der Waals surface area contributed by atoms with Crippen molar-refractivity contribution < 1.29 is 0 Å². The second kappa shape index (κ2) is 7.41. The molecule has 21 heavy (non-hydrogen) atoms. The maximum absolute atomic E-state index is 4.75. The molecule has 0 saturated carbocycles. The van der Waals surface area contributed by atoms with Gasteiger partial charge in [-0.2, -0.15) is 10.2 Å². The van der Waals surface area contributed by atoms with Crippen molar-refractivity contribution in [1.29, 1.82) is 0 Å². The Morgan fingerprint density at radius 2 is 1.86 bits per heavy atom. The quantitative estimate of drug-likeness (QED) is 0.813. The van der Waals surface area contributed by atoms with E-state index in [1.165, 1.54) is 0 Å². The van der Waals surface area contributed by atoms with E-state index < -0.39 is 0 Å². The summed E-state index contributed by atoms with van der Waals surface area (Å²) in [6.07, 6.45) is 7.21. The number of nitrogens with zero attached hydrogens (tertiary/aromatic N) is 4. The van der Waals surface area contributed by atoms with E-state index in [0.717, 1.165) is 37.2 Å². The van der Waals surface area contributed by atoms with Gasteiger partial charge in [0.25, 0.3) is 0 Å². The fourth-order valence-electron chi connectivity index (χ4n) is 2.71. The summed E-state index contributed by atoms with van der Waals surface area (Å²) in [7, 11) is 1.95. The Kier molecular flexibility index (Phi) is 5.56. The third kappa shape index (κ3) is 3.94. The molecule has 2 heterocycles. The fourth-order valence-corrected chi connectivity index (χ4v) is 2.71. The van der Waals surface area contributed by atoms with Crippen molar-refractivity contribution in [3.8, 4) is 0 Å². The highest BCUT2D eigenvalue weighted by atomic mass is 15.3. The molecule has 0 amide bonds. The van der Waals surface area contributed by atoms with Crippen LogP contribution in [0.3, 0.4) is 0 Å². The van der Waals surface area contributed by atoms with Crippen molar-refractivity contribution >= 4 is 0 Å². The lowest BCUT2D eigenvalue weighted by Gasteiger charge is -2.15. The van der Waals surface area contributed by atoms with Crippen molar-refractivity contribution in [2.45, 2.75) is 52.1 Å². The van der Waals surface area contributed by atoms with Gasteiger partial charge in [0.1, 0.15) is 0 Å². The lowest BCUT2D eigenvalue weighted by atomic mass is 10.1. The summed E-state index contributed by atoms with van der Waals surface area (Å²) in [5, 5.41) is 12.8. The van der Waals surface area contributed by atoms with Gasteiger partial charge in [-0.15, -0.1) is 0 Å². The van der Waals surface area contributed by atoms with Gasteiger partial charge in [-0.25, -0.2) is 0 Å². The van der Waals surface area contributed by atoms with E-state index >= 15 is 0 Å². The molecule has 1 atom stereocenters. The highest BCUT2D eigenvalue weighted by Gasteiger charge is 2.16. The molecule has 116 valence electrons. The minimum Gasteiger partial charge on any atom is -0.309 e. The van der Waals surface area contributed by atoms with E-state index in [4.69, 9.17) is 5.10 Å². The minimum absolute atomic E-state index is 0.223. The van der Waals surface area contributed by atoms with Gasteiger partial charge in [0, 0.05) is 25.9 Å². The zero-order chi connectivity index (χ0) is 15.2. The van der Waals surface area contributed by atoms with Crippen LogP contribution in [-0.2, 0) is 13.5 Å². The molecule has 0 aliphatic heterocycles. The summed E-state index contributed by atoms with van der Waals surface area (Å²) < 4.78 is 3.96. The van der Waals surface area contributed by atoms with Crippen molar-refractivity contribution in [3.05, 3.63) is 35.9 Å². The Hall–Kier alpha value is -1.62. The Morgan fingerprint density at radius 3 is 2.43 bits per heavy atom. The second-order valence-electron chi connectivity index (χ2n) is 5.49. The maximum Gasteiger partial charge on any atom is 0.0797 e. The molecular weight excluding hydrogens is 262 g/mol. The third-order valence-corrected chi connectivity index (χ3v) is 3.94. The highest BCUT2D eigenvalue weighted by Crippen LogP contribution is 2.18. The van der Waals surface area contributed by atoms with Crippen LogP contribution in [0.15, 0.2) is 24.5 Å². The Balaban J connectivity index is 2.10. The van der Waals surface area contributed by atoms with Gasteiger partial charge < -0.3 is 5.32 Å². The molecule has 0 saturated heterocycles. The molecule has 1 N–H and O–H groups in total. The number of hydrogen-bond acceptors (Lipinski definition) is 3. The van der Waals surface area contributed by atoms with E-state index in [9.17, 15) is 0 Å². The zero-order valence-electron chi connectivity index (χ0n) is 13.6. The second-order valence-corrected chi connectivity index (χ2v) is 5.49. The molecule has 0 radical (unpaired) electrons. The van der Waals surface area contributed by atoms with Gasteiger partial charge >= 0.3 is 0 Å². The summed E-state index contributed by atoms with van der Waals surface area (Å²) >= 11 is 0. The maximum atomic E-state index is 4.75. The SMILES string of the molecule is CCNC(Cc1ccn(C(CC)CC)n1)c1ccn(C)n1. The first-order valence-electron chi connectivity index (χ1n) is 7.94. The smallest absolute Gasteiger partial charge is 0.0797 e. The minimum atomic E-state index is 0.223. The Morgan fingerprint density at radius 1 is 1.10 bits per heavy atom. The zero-order valence-corrected chi connectivity index (χ0v) is 13.6. The fraction of sp³-hybridized carbons (Fsp3) is 0.625. The van der Waals surface area contributed by atoms with Crippen LogP contribution in [0, 0.1) is 0 Å². The molecule has 2 aromatic heterocycles. The van der Waals surface area contributed by atoms with Gasteiger partial charge in [-0.3, -0.25) is 9.36 Å². The molecule has 0 aromatic carbocycles. The number of aryl methyl sites for hydroxylation is 1. The predicted molar refractivity (Wildman–Crippen MR) is 85.2 cm³/mol. The first kappa shape index (κ1) is 15.8. The summed E-state index contributed by atoms with van der Waals surface area (Å²) in [4.78, 5) is 0. The van der Waals surface area contributed by atoms with Crippen molar-refractivity contribution in [3.63, 3.8) is 0 Å². The van der Waals surface area contributed by atoms with Crippen LogP contribution >= 0.6 is 0 Å². The normalized spacial score (nSPS) is 13.0. The first-order valence-corrected chi connectivity index (χ1v) is 7.94. The highest BCUT2D eigenvalue weighted by molar-refractivity contribution is 5.11. The van der Waals surface area contributed by atoms with Crippen molar-refractivity contribution in [2.24, 2.45) is 7.05 Å². The van der Waals surface area contributed by atoms with E-state index in [1.54, 1.807) is 0 Å². The molecule has 1 unspecified atom stereocenters. The summed E-state index contributed by atoms with van der Waals surface area (Å²) in [5.41, 5.74) is 2.20. The number of hydrogen-bond donors (Lipinski definition) is 1. The van der Waals surface area contributed by atoms with Crippen molar-refractivity contribution in [1.82, 2.24) is 24.9 Å². The predicted octanol–water partition coefficient (Wildman–Crippen LogP) is 2.87. The summed E-state index contributed by atoms with van der Waals surface area (Å²) in [6.45, 7) is 7.48. The molecule has 0 fully saturated rings. The largest absolute Gasteiger partial charge is 0.309 e. The van der Waals surface area contributed by atoms with Gasteiger partial charge in [-0.1, -0.05) is 20.8 Å². The van der Waals surface area contributed by atoms with Gasteiger partial charge in [0.2, 0.25) is 0 Å². The number of aromatic nitrogens is 4. The van der Waals surface area contributed by atoms with E-state index in [0.29, 0.717) is 6.04 Å². The van der Waals surface area contributed by atoms with Crippen LogP contribution in [0.2, 0.25) is 0 Å². The topological polar surface area (TPSA) is 47.7 Å². The van der Waals surface area contributed by atoms with Crippen molar-refractivity contribution in [2.75, 3.05) is 6.54 Å². The molecule has 2 aromatic rings. The average molecular weight is 289 g/mol. The van der Waals surface area contributed by atoms with Crippen LogP contribution < -0.4 is 5.32 Å². The van der Waals surface area contributed by atoms with Crippen LogP contribution in [0.5, 0.6) is 0 Å². The molecule has 0 aliphatic rings. The first-order chi connectivity index (χ1) is 10.2. The van der Waals surface area contributed by atoms with Crippen LogP contribution in [0.1, 0.15) is 57.1 Å². The van der Waals surface area contributed by atoms with Gasteiger partial charge in [0.05, 0.1) is 23.5 Å². The van der Waals surface area contributed by atoms with Gasteiger partial charge in [-0.05, 0) is 31.5 Å². The monoisotopic (exact) mass is 289 g/mol. The van der Waals surface area contributed by atoms with E-state index in [1.807, 2.05) is 17.9 Å². The van der Waals surface area contributed by atoms with Crippen LogP contribution in [0.4, 0.5) is 0 Å². The molecule has 2 rings (SSSR count). The van der Waals surface area contributed by atoms with Crippen LogP contribution in [0.25, 0.3) is 0 Å². The molecule has 0 aliphatic carbocycles. The number of rotatable bonds is 8. The molecule has 0 spiro atoms. The van der Waals surface area contributed by atoms with Gasteiger partial charge in [0.15, 0.2) is 0 Å². The Labute approximate surface area is 127 Å². The lowest BCUT2D eigenvalue weighted by Crippen LogP contribution is -2.24. The van der Waals surface area contributed by atoms with E-state index in [-0.39, 0.29) is 6.04 Å². The summed E-state index contributed by atoms with van der Waals surface area (Å²) in [5.74, 6) is 0. The van der Waals surface area contributed by atoms with Crippen LogP contribution in [-0.4, -0.2) is 26.1 Å². The molecular formula is C16H27N5. The lowest BCUT2D eigenvalue weighted by molar-refractivity contribution is 0.422. The standard InChI is InChI=1S/C16H27N5/c1-5-14(6-2)21-11-8-13(18-21)12-16(17-7-3)15-9-10-20(4)19-15/h8-11,14,16-17H,5-7,12H2,1-4H3.